The Hall–Kier alpha value is -1.98. The number of nitriles is 2. The quantitative estimate of drug-likeness (QED) is 0.779. The predicted octanol–water partition coefficient (Wildman–Crippen LogP) is 1.38. The van der Waals surface area contributed by atoms with E-state index >= 15 is 0 Å². The average molecular weight is 223 g/mol. The molecule has 0 saturated heterocycles. The number of hydrogen-bond acceptors (Lipinski definition) is 3. The van der Waals surface area contributed by atoms with Gasteiger partial charge in [0.1, 0.15) is 29.2 Å². The zero-order valence-electron chi connectivity index (χ0n) is 8.13. The summed E-state index contributed by atoms with van der Waals surface area (Å²) in [7, 11) is 1.55. The molecule has 0 aliphatic heterocycles. The van der Waals surface area contributed by atoms with E-state index in [2.05, 4.69) is 5.32 Å². The maximum atomic E-state index is 10.9. The Labute approximate surface area is 91.5 Å². The minimum absolute atomic E-state index is 0.0613. The normalized spacial score (nSPS) is 9.13. The van der Waals surface area contributed by atoms with Gasteiger partial charge >= 0.3 is 0 Å². The van der Waals surface area contributed by atoms with E-state index in [1.165, 1.54) is 11.5 Å². The van der Waals surface area contributed by atoms with Gasteiger partial charge in [-0.15, -0.1) is 0 Å². The van der Waals surface area contributed by atoms with Gasteiger partial charge in [0.2, 0.25) is 5.91 Å². The van der Waals surface area contributed by atoms with Gasteiger partial charge in [-0.05, 0) is 0 Å². The van der Waals surface area contributed by atoms with Crippen molar-refractivity contribution in [1.29, 1.82) is 10.5 Å². The van der Waals surface area contributed by atoms with Gasteiger partial charge in [0.15, 0.2) is 0 Å². The molecule has 15 heavy (non-hydrogen) atoms. The van der Waals surface area contributed by atoms with Crippen molar-refractivity contribution in [3.8, 4) is 12.1 Å². The maximum absolute atomic E-state index is 10.9. The predicted molar refractivity (Wildman–Crippen MR) is 54.2 cm³/mol. The molecule has 0 aliphatic rings. The summed E-state index contributed by atoms with van der Waals surface area (Å²) in [6, 6.07) is 3.71. The first kappa shape index (κ1) is 11.1. The van der Waals surface area contributed by atoms with Gasteiger partial charge in [0, 0.05) is 14.0 Å². The number of carbonyl (C=O) groups excluding carboxylic acids is 1. The first-order chi connectivity index (χ1) is 7.02. The van der Waals surface area contributed by atoms with Crippen LogP contribution in [0, 0.1) is 22.7 Å². The van der Waals surface area contributed by atoms with E-state index in [0.717, 1.165) is 0 Å². The topological polar surface area (TPSA) is 81.6 Å². The lowest BCUT2D eigenvalue weighted by Gasteiger charge is -2.03. The van der Waals surface area contributed by atoms with Crippen molar-refractivity contribution < 1.29 is 4.79 Å². The van der Waals surface area contributed by atoms with Crippen LogP contribution in [0.1, 0.15) is 18.2 Å². The molecule has 0 saturated carbocycles. The first-order valence-electron chi connectivity index (χ1n) is 3.98. The van der Waals surface area contributed by atoms with Crippen LogP contribution in [0.3, 0.4) is 0 Å². The van der Waals surface area contributed by atoms with Gasteiger partial charge in [-0.25, -0.2) is 0 Å². The van der Waals surface area contributed by atoms with Gasteiger partial charge in [0.05, 0.1) is 5.02 Å². The molecule has 0 atom stereocenters. The zero-order chi connectivity index (χ0) is 11.6. The fraction of sp³-hybridized carbons (Fsp3) is 0.222. The van der Waals surface area contributed by atoms with Crippen molar-refractivity contribution in [1.82, 2.24) is 4.57 Å². The molecule has 1 heterocycles. The molecule has 0 spiro atoms. The van der Waals surface area contributed by atoms with E-state index in [1.807, 2.05) is 12.1 Å². The summed E-state index contributed by atoms with van der Waals surface area (Å²) < 4.78 is 1.38. The van der Waals surface area contributed by atoms with Crippen molar-refractivity contribution >= 4 is 23.3 Å². The number of hydrogen-bond donors (Lipinski definition) is 1. The van der Waals surface area contributed by atoms with Gasteiger partial charge in [-0.3, -0.25) is 4.79 Å². The maximum Gasteiger partial charge on any atom is 0.222 e. The van der Waals surface area contributed by atoms with Crippen LogP contribution in [0.4, 0.5) is 5.82 Å². The minimum Gasteiger partial charge on any atom is -0.320 e. The fourth-order valence-corrected chi connectivity index (χ4v) is 1.49. The molecule has 0 aliphatic carbocycles. The van der Waals surface area contributed by atoms with E-state index in [0.29, 0.717) is 0 Å². The molecule has 1 amide bonds. The lowest BCUT2D eigenvalue weighted by Crippen LogP contribution is -2.10. The van der Waals surface area contributed by atoms with Crippen LogP contribution >= 0.6 is 11.6 Å². The monoisotopic (exact) mass is 222 g/mol. The third-order valence-electron chi connectivity index (χ3n) is 1.85. The number of aromatic nitrogens is 1. The highest BCUT2D eigenvalue weighted by molar-refractivity contribution is 6.33. The summed E-state index contributed by atoms with van der Waals surface area (Å²) in [4.78, 5) is 10.9. The highest BCUT2D eigenvalue weighted by atomic mass is 35.5. The largest absolute Gasteiger partial charge is 0.320 e. The Balaban J connectivity index is 3.46. The standard InChI is InChI=1S/C9H7ClN4O/c1-5(15)13-9-6(3-11)8(10)7(4-12)14(9)2/h1-2H3,(H,13,15). The summed E-state index contributed by atoms with van der Waals surface area (Å²) in [6.07, 6.45) is 0. The van der Waals surface area contributed by atoms with Gasteiger partial charge in [0.25, 0.3) is 0 Å². The number of nitrogens with one attached hydrogen (secondary N) is 1. The summed E-state index contributed by atoms with van der Waals surface area (Å²) >= 11 is 5.80. The number of carbonyl (C=O) groups is 1. The van der Waals surface area contributed by atoms with Crippen LogP contribution in [0.5, 0.6) is 0 Å². The second-order valence-electron chi connectivity index (χ2n) is 2.85. The van der Waals surface area contributed by atoms with E-state index in [1.54, 1.807) is 7.05 Å². The van der Waals surface area contributed by atoms with Crippen molar-refractivity contribution in [3.05, 3.63) is 16.3 Å². The summed E-state index contributed by atoms with van der Waals surface area (Å²) in [5, 5.41) is 20.1. The molecule has 6 heteroatoms. The van der Waals surface area contributed by atoms with Crippen LogP contribution in [-0.2, 0) is 11.8 Å². The molecule has 0 unspecified atom stereocenters. The second kappa shape index (κ2) is 4.04. The van der Waals surface area contributed by atoms with Gasteiger partial charge < -0.3 is 9.88 Å². The lowest BCUT2D eigenvalue weighted by atomic mass is 10.3. The SMILES string of the molecule is CC(=O)Nc1c(C#N)c(Cl)c(C#N)n1C. The molecular formula is C9H7ClN4O. The number of rotatable bonds is 1. The van der Waals surface area contributed by atoms with Gasteiger partial charge in [-0.1, -0.05) is 11.6 Å². The van der Waals surface area contributed by atoms with Crippen LogP contribution in [-0.4, -0.2) is 10.5 Å². The van der Waals surface area contributed by atoms with E-state index < -0.39 is 0 Å². The average Bonchev–Trinajstić information content (AvgIpc) is 2.38. The molecular weight excluding hydrogens is 216 g/mol. The van der Waals surface area contributed by atoms with Crippen molar-refractivity contribution in [2.75, 3.05) is 5.32 Å². The molecule has 76 valence electrons. The Morgan fingerprint density at radius 2 is 2.07 bits per heavy atom. The van der Waals surface area contributed by atoms with E-state index in [-0.39, 0.29) is 28.0 Å². The van der Waals surface area contributed by atoms with Crippen LogP contribution in [0.25, 0.3) is 0 Å². The molecule has 5 nitrogen and oxygen atoms in total. The Kier molecular flexibility index (Phi) is 2.99. The highest BCUT2D eigenvalue weighted by Crippen LogP contribution is 2.29. The smallest absolute Gasteiger partial charge is 0.222 e. The molecule has 1 aromatic rings. The molecule has 1 N–H and O–H groups in total. The highest BCUT2D eigenvalue weighted by Gasteiger charge is 2.19. The zero-order valence-corrected chi connectivity index (χ0v) is 8.88. The number of halogens is 1. The molecule has 0 aromatic carbocycles. The summed E-state index contributed by atoms with van der Waals surface area (Å²) in [5.74, 6) is -0.0835. The Bertz CT molecular complexity index is 504. The van der Waals surface area contributed by atoms with Crippen molar-refractivity contribution in [3.63, 3.8) is 0 Å². The Morgan fingerprint density at radius 1 is 1.47 bits per heavy atom. The van der Waals surface area contributed by atoms with Crippen molar-refractivity contribution in [2.45, 2.75) is 6.92 Å². The van der Waals surface area contributed by atoms with E-state index in [4.69, 9.17) is 22.1 Å². The number of anilines is 1. The Morgan fingerprint density at radius 3 is 2.47 bits per heavy atom. The van der Waals surface area contributed by atoms with Crippen LogP contribution in [0.2, 0.25) is 5.02 Å². The lowest BCUT2D eigenvalue weighted by molar-refractivity contribution is -0.114. The minimum atomic E-state index is -0.326. The molecule has 0 fully saturated rings. The van der Waals surface area contributed by atoms with Crippen molar-refractivity contribution in [2.24, 2.45) is 7.05 Å². The van der Waals surface area contributed by atoms with Crippen LogP contribution < -0.4 is 5.32 Å². The third kappa shape index (κ3) is 1.78. The second-order valence-corrected chi connectivity index (χ2v) is 3.23. The number of nitrogens with zero attached hydrogens (tertiary/aromatic N) is 3. The third-order valence-corrected chi connectivity index (χ3v) is 2.22. The summed E-state index contributed by atoms with van der Waals surface area (Å²) in [6.45, 7) is 1.31. The molecule has 0 radical (unpaired) electrons. The fourth-order valence-electron chi connectivity index (χ4n) is 1.19. The first-order valence-corrected chi connectivity index (χ1v) is 4.36. The molecule has 1 rings (SSSR count). The molecule has 1 aromatic heterocycles. The van der Waals surface area contributed by atoms with Crippen LogP contribution in [0.15, 0.2) is 0 Å². The van der Waals surface area contributed by atoms with E-state index in [9.17, 15) is 4.79 Å². The van der Waals surface area contributed by atoms with Gasteiger partial charge in [-0.2, -0.15) is 10.5 Å². The summed E-state index contributed by atoms with van der Waals surface area (Å²) in [5.41, 5.74) is 0.253. The molecule has 0 bridgehead atoms. The number of amides is 1.